The molecule has 0 unspecified atom stereocenters. The third-order valence-electron chi connectivity index (χ3n) is 3.13. The van der Waals surface area contributed by atoms with Gasteiger partial charge in [-0.05, 0) is 5.56 Å². The molecule has 1 amide bonds. The fraction of sp³-hybridized carbons (Fsp3) is 0.462. The molecule has 0 N–H and O–H groups in total. The molecule has 7 heteroatoms. The van der Waals surface area contributed by atoms with Crippen LogP contribution >= 0.6 is 0 Å². The molecule has 20 heavy (non-hydrogen) atoms. The van der Waals surface area contributed by atoms with Crippen LogP contribution < -0.4 is 0 Å². The summed E-state index contributed by atoms with van der Waals surface area (Å²) in [5, 5.41) is 0. The number of carbonyl (C=O) groups is 1. The first-order valence-electron chi connectivity index (χ1n) is 6.17. The number of carbonyl (C=O) groups excluding carboxylic acids is 1. The van der Waals surface area contributed by atoms with Crippen molar-refractivity contribution >= 4 is 16.0 Å². The second-order valence-electron chi connectivity index (χ2n) is 4.84. The summed E-state index contributed by atoms with van der Waals surface area (Å²) in [5.41, 5.74) is 0.901. The van der Waals surface area contributed by atoms with Crippen LogP contribution in [0.15, 0.2) is 30.3 Å². The van der Waals surface area contributed by atoms with Gasteiger partial charge in [0.2, 0.25) is 0 Å². The van der Waals surface area contributed by atoms with E-state index < -0.39 is 34.7 Å². The van der Waals surface area contributed by atoms with E-state index in [0.717, 1.165) is 11.8 Å². The van der Waals surface area contributed by atoms with Gasteiger partial charge in [-0.2, -0.15) is 8.42 Å². The summed E-state index contributed by atoms with van der Waals surface area (Å²) >= 11 is 0. The zero-order valence-corrected chi connectivity index (χ0v) is 11.8. The monoisotopic (exact) mass is 301 g/mol. The number of hydrogen-bond donors (Lipinski definition) is 0. The van der Waals surface area contributed by atoms with E-state index >= 15 is 0 Å². The van der Waals surface area contributed by atoms with E-state index in [-0.39, 0.29) is 6.54 Å². The van der Waals surface area contributed by atoms with Crippen molar-refractivity contribution in [3.63, 3.8) is 0 Å². The van der Waals surface area contributed by atoms with Crippen molar-refractivity contribution in [2.75, 3.05) is 19.5 Å². The van der Waals surface area contributed by atoms with E-state index in [2.05, 4.69) is 0 Å². The molecule has 1 aliphatic rings. The molecule has 5 nitrogen and oxygen atoms in total. The Labute approximate surface area is 117 Å². The van der Waals surface area contributed by atoms with E-state index in [1.54, 1.807) is 0 Å². The van der Waals surface area contributed by atoms with Crippen LogP contribution in [-0.4, -0.2) is 44.8 Å². The molecule has 1 aromatic carbocycles. The van der Waals surface area contributed by atoms with E-state index in [1.165, 1.54) is 4.90 Å². The largest absolute Gasteiger partial charge is 0.336 e. The highest BCUT2D eigenvalue weighted by molar-refractivity contribution is 7.86. The van der Waals surface area contributed by atoms with Gasteiger partial charge in [0.1, 0.15) is 0 Å². The van der Waals surface area contributed by atoms with Gasteiger partial charge < -0.3 is 4.90 Å². The first-order valence-corrected chi connectivity index (χ1v) is 7.99. The summed E-state index contributed by atoms with van der Waals surface area (Å²) < 4.78 is 40.0. The number of amides is 1. The summed E-state index contributed by atoms with van der Waals surface area (Å²) in [5.74, 6) is -1.23. The smallest absolute Gasteiger partial charge is 0.265 e. The molecular formula is C13H16FNO4S. The topological polar surface area (TPSA) is 63.7 Å². The van der Waals surface area contributed by atoms with Crippen LogP contribution in [-0.2, 0) is 25.6 Å². The zero-order chi connectivity index (χ0) is 14.8. The van der Waals surface area contributed by atoms with E-state index in [4.69, 9.17) is 4.18 Å². The molecular weight excluding hydrogens is 285 g/mol. The minimum Gasteiger partial charge on any atom is -0.336 e. The molecule has 0 spiro atoms. The molecule has 1 saturated heterocycles. The highest BCUT2D eigenvalue weighted by Crippen LogP contribution is 2.25. The Morgan fingerprint density at radius 1 is 1.35 bits per heavy atom. The standard InChI is InChI=1S/C13H16FNO4S/c1-20(17,18)19-12-11(7-14)9-15(13(12)16)8-10-5-3-2-4-6-10/h2-6,11-12H,7-9H2,1H3/t11-,12+/m0/s1. The van der Waals surface area contributed by atoms with Crippen LogP contribution in [0.5, 0.6) is 0 Å². The average molecular weight is 301 g/mol. The molecule has 2 atom stereocenters. The maximum Gasteiger partial charge on any atom is 0.265 e. The van der Waals surface area contributed by atoms with Crippen molar-refractivity contribution in [1.29, 1.82) is 0 Å². The number of alkyl halides is 1. The summed E-state index contributed by atoms with van der Waals surface area (Å²) in [6, 6.07) is 9.24. The summed E-state index contributed by atoms with van der Waals surface area (Å²) in [6.45, 7) is -0.318. The maximum absolute atomic E-state index is 13.0. The lowest BCUT2D eigenvalue weighted by Gasteiger charge is -2.16. The van der Waals surface area contributed by atoms with Crippen LogP contribution in [0.1, 0.15) is 5.56 Å². The highest BCUT2D eigenvalue weighted by Gasteiger charge is 2.43. The maximum atomic E-state index is 13.0. The normalized spacial score (nSPS) is 23.3. The Bertz CT molecular complexity index is 575. The number of hydrogen-bond acceptors (Lipinski definition) is 4. The van der Waals surface area contributed by atoms with Gasteiger partial charge >= 0.3 is 0 Å². The molecule has 0 bridgehead atoms. The van der Waals surface area contributed by atoms with Crippen LogP contribution in [0.3, 0.4) is 0 Å². The Hall–Kier alpha value is -1.47. The molecule has 0 radical (unpaired) electrons. The Kier molecular flexibility index (Phi) is 4.39. The molecule has 0 saturated carbocycles. The predicted octanol–water partition coefficient (Wildman–Crippen LogP) is 0.959. The average Bonchev–Trinajstić information content (AvgIpc) is 2.67. The lowest BCUT2D eigenvalue weighted by Crippen LogP contribution is -2.33. The van der Waals surface area contributed by atoms with Gasteiger partial charge in [0, 0.05) is 19.0 Å². The van der Waals surface area contributed by atoms with E-state index in [1.807, 2.05) is 30.3 Å². The second-order valence-corrected chi connectivity index (χ2v) is 6.44. The number of halogens is 1. The van der Waals surface area contributed by atoms with E-state index in [9.17, 15) is 17.6 Å². The Morgan fingerprint density at radius 3 is 2.55 bits per heavy atom. The quantitative estimate of drug-likeness (QED) is 0.760. The van der Waals surface area contributed by atoms with Gasteiger partial charge in [-0.15, -0.1) is 0 Å². The Balaban J connectivity index is 2.12. The number of rotatable bonds is 5. The summed E-state index contributed by atoms with van der Waals surface area (Å²) in [7, 11) is -3.79. The van der Waals surface area contributed by atoms with Crippen molar-refractivity contribution in [2.45, 2.75) is 12.6 Å². The Morgan fingerprint density at radius 2 is 2.00 bits per heavy atom. The van der Waals surface area contributed by atoms with Crippen LogP contribution in [0.2, 0.25) is 0 Å². The van der Waals surface area contributed by atoms with Gasteiger partial charge in [-0.25, -0.2) is 0 Å². The molecule has 0 aliphatic carbocycles. The SMILES string of the molecule is CS(=O)(=O)O[C@H]1C(=O)N(Cc2ccccc2)C[C@@H]1CF. The first-order chi connectivity index (χ1) is 9.40. The molecule has 0 aromatic heterocycles. The summed E-state index contributed by atoms with van der Waals surface area (Å²) in [4.78, 5) is 13.6. The van der Waals surface area contributed by atoms with Gasteiger partial charge in [-0.3, -0.25) is 13.4 Å². The molecule has 2 rings (SSSR count). The molecule has 1 fully saturated rings. The van der Waals surface area contributed by atoms with Crippen molar-refractivity contribution in [2.24, 2.45) is 5.92 Å². The molecule has 1 heterocycles. The zero-order valence-electron chi connectivity index (χ0n) is 11.0. The molecule has 1 aliphatic heterocycles. The molecule has 1 aromatic rings. The fourth-order valence-electron chi connectivity index (χ4n) is 2.23. The number of benzene rings is 1. The van der Waals surface area contributed by atoms with E-state index in [0.29, 0.717) is 6.54 Å². The molecule has 110 valence electrons. The lowest BCUT2D eigenvalue weighted by molar-refractivity contribution is -0.134. The van der Waals surface area contributed by atoms with Crippen molar-refractivity contribution < 1.29 is 21.8 Å². The minimum atomic E-state index is -3.79. The minimum absolute atomic E-state index is 0.157. The first kappa shape index (κ1) is 14.9. The predicted molar refractivity (Wildman–Crippen MR) is 71.0 cm³/mol. The van der Waals surface area contributed by atoms with Gasteiger partial charge in [0.05, 0.1) is 12.9 Å². The van der Waals surface area contributed by atoms with Crippen molar-refractivity contribution in [3.8, 4) is 0 Å². The van der Waals surface area contributed by atoms with Crippen LogP contribution in [0.4, 0.5) is 4.39 Å². The summed E-state index contributed by atoms with van der Waals surface area (Å²) in [6.07, 6.45) is -0.395. The highest BCUT2D eigenvalue weighted by atomic mass is 32.2. The van der Waals surface area contributed by atoms with Gasteiger partial charge in [0.25, 0.3) is 16.0 Å². The second kappa shape index (κ2) is 5.88. The fourth-order valence-corrected chi connectivity index (χ4v) is 2.85. The van der Waals surface area contributed by atoms with Crippen molar-refractivity contribution in [1.82, 2.24) is 4.90 Å². The third kappa shape index (κ3) is 3.55. The van der Waals surface area contributed by atoms with Gasteiger partial charge in [-0.1, -0.05) is 30.3 Å². The lowest BCUT2D eigenvalue weighted by atomic mass is 10.1. The number of nitrogens with zero attached hydrogens (tertiary/aromatic N) is 1. The number of likely N-dealkylation sites (tertiary alicyclic amines) is 1. The van der Waals surface area contributed by atoms with Gasteiger partial charge in [0.15, 0.2) is 6.10 Å². The third-order valence-corrected chi connectivity index (χ3v) is 3.69. The van der Waals surface area contributed by atoms with Crippen LogP contribution in [0, 0.1) is 5.92 Å². The van der Waals surface area contributed by atoms with Crippen LogP contribution in [0.25, 0.3) is 0 Å². The van der Waals surface area contributed by atoms with Crippen molar-refractivity contribution in [3.05, 3.63) is 35.9 Å².